The molecule has 6 amide bonds. The van der Waals surface area contributed by atoms with Crippen LogP contribution in [0.1, 0.15) is 81.4 Å². The van der Waals surface area contributed by atoms with E-state index in [9.17, 15) is 32.4 Å². The number of ether oxygens (including phenoxy) is 1. The van der Waals surface area contributed by atoms with Crippen LogP contribution in [0.3, 0.4) is 0 Å². The molecule has 14 nitrogen and oxygen atoms in total. The van der Waals surface area contributed by atoms with E-state index in [4.69, 9.17) is 4.74 Å². The number of nitrogens with zero attached hydrogens (tertiary/aromatic N) is 3. The molecule has 1 saturated heterocycles. The summed E-state index contributed by atoms with van der Waals surface area (Å²) >= 11 is 0. The van der Waals surface area contributed by atoms with E-state index in [1.54, 1.807) is 16.8 Å². The molecule has 1 aromatic rings. The molecule has 0 spiro atoms. The van der Waals surface area contributed by atoms with Gasteiger partial charge in [-0.2, -0.15) is 0 Å². The van der Waals surface area contributed by atoms with Crippen LogP contribution in [0.5, 0.6) is 0 Å². The number of rotatable bonds is 9. The van der Waals surface area contributed by atoms with Gasteiger partial charge in [0.2, 0.25) is 21.8 Å². The van der Waals surface area contributed by atoms with Crippen LogP contribution in [0.25, 0.3) is 0 Å². The van der Waals surface area contributed by atoms with Gasteiger partial charge >= 0.3 is 12.1 Å². The van der Waals surface area contributed by atoms with Gasteiger partial charge in [0, 0.05) is 39.0 Å². The Labute approximate surface area is 293 Å². The Morgan fingerprint density at radius 2 is 1.90 bits per heavy atom. The van der Waals surface area contributed by atoms with E-state index in [1.165, 1.54) is 11.0 Å². The highest BCUT2D eigenvalue weighted by Gasteiger charge is 2.62. The lowest BCUT2D eigenvalue weighted by Crippen LogP contribution is -2.58. The number of carbonyl (C=O) groups excluding carboxylic acids is 5. The average Bonchev–Trinajstić information content (AvgIpc) is 3.98. The Bertz CT molecular complexity index is 1660. The number of carbonyl (C=O) groups is 5. The van der Waals surface area contributed by atoms with E-state index in [0.29, 0.717) is 45.3 Å². The molecule has 15 heteroatoms. The third-order valence-electron chi connectivity index (χ3n) is 10.7. The molecule has 2 aliphatic carbocycles. The first-order chi connectivity index (χ1) is 23.9. The molecule has 0 aromatic heterocycles. The van der Waals surface area contributed by atoms with Crippen molar-refractivity contribution >= 4 is 39.9 Å². The quantitative estimate of drug-likeness (QED) is 0.327. The Hall–Kier alpha value is -4.14. The van der Waals surface area contributed by atoms with E-state index < -0.39 is 74.8 Å². The molecular formula is C35H48N6O8S. The van der Waals surface area contributed by atoms with Crippen molar-refractivity contribution < 1.29 is 37.1 Å². The fraction of sp³-hybridized carbons (Fsp3) is 0.629. The largest absolute Gasteiger partial charge is 0.444 e. The van der Waals surface area contributed by atoms with Gasteiger partial charge in [-0.3, -0.25) is 24.0 Å². The molecule has 6 rings (SSSR count). The number of fused-ring (bicyclic) bond motifs is 3. The Morgan fingerprint density at radius 3 is 2.60 bits per heavy atom. The maximum atomic E-state index is 14.3. The van der Waals surface area contributed by atoms with Crippen molar-refractivity contribution in [3.05, 3.63) is 47.5 Å². The minimum Gasteiger partial charge on any atom is -0.444 e. The first kappa shape index (κ1) is 35.7. The maximum Gasteiger partial charge on any atom is 0.410 e. The molecule has 272 valence electrons. The van der Waals surface area contributed by atoms with E-state index in [1.807, 2.05) is 19.1 Å². The lowest BCUT2D eigenvalue weighted by Gasteiger charge is -2.30. The zero-order valence-corrected chi connectivity index (χ0v) is 29.6. The number of hydrogen-bond acceptors (Lipinski definition) is 8. The predicted molar refractivity (Wildman–Crippen MR) is 183 cm³/mol. The van der Waals surface area contributed by atoms with Crippen molar-refractivity contribution in [3.8, 4) is 0 Å². The molecule has 3 fully saturated rings. The second kappa shape index (κ2) is 14.2. The monoisotopic (exact) mass is 712 g/mol. The van der Waals surface area contributed by atoms with E-state index in [-0.39, 0.29) is 19.4 Å². The zero-order chi connectivity index (χ0) is 35.8. The van der Waals surface area contributed by atoms with Crippen molar-refractivity contribution in [1.29, 1.82) is 0 Å². The number of hydrogen-bond donors (Lipinski definition) is 3. The highest BCUT2D eigenvalue weighted by atomic mass is 32.2. The Kier molecular flexibility index (Phi) is 10.2. The molecule has 3 N–H and O–H groups in total. The first-order valence-corrected chi connectivity index (χ1v) is 19.3. The van der Waals surface area contributed by atoms with Crippen molar-refractivity contribution in [3.63, 3.8) is 0 Å². The van der Waals surface area contributed by atoms with Crippen LogP contribution in [0.4, 0.5) is 9.59 Å². The van der Waals surface area contributed by atoms with Crippen LogP contribution >= 0.6 is 0 Å². The highest BCUT2D eigenvalue weighted by Crippen LogP contribution is 2.45. The molecule has 0 unspecified atom stereocenters. The SMILES string of the molecule is C=C[C@H]1C[C@]1(NC(=O)[C@@H]1C[C@@H]2CN1C(=O)[C@H](CCCC)NC(=O)N(C)CCCCc1cccc3c1CN(C3)C(=O)O2)C(=O)NS(=O)(=O)C1CC1. The van der Waals surface area contributed by atoms with Crippen LogP contribution in [0.2, 0.25) is 0 Å². The van der Waals surface area contributed by atoms with Gasteiger partial charge in [-0.25, -0.2) is 18.0 Å². The lowest BCUT2D eigenvalue weighted by atomic mass is 9.99. The summed E-state index contributed by atoms with van der Waals surface area (Å²) in [6.45, 7) is 6.88. The standard InChI is InChI=1S/C35H48N6O8S/c1-4-6-13-28-31(43)41-20-25(17-29(41)30(42)37-35(18-24(35)5-2)32(44)38-50(47,48)26-14-15-26)49-34(46)40-19-23-12-9-11-22(27(23)21-40)10-7-8-16-39(3)33(45)36-28/h5,9,11-12,24-26,28-29H,2,4,6-8,10,13-21H2,1,3H3,(H,36,45)(H,37,42)(H,38,44)/t24-,25+,28-,29-,35+/m0/s1. The number of sulfonamides is 1. The van der Waals surface area contributed by atoms with Gasteiger partial charge in [-0.15, -0.1) is 6.58 Å². The predicted octanol–water partition coefficient (Wildman–Crippen LogP) is 2.31. The van der Waals surface area contributed by atoms with Crippen LogP contribution in [0, 0.1) is 5.92 Å². The second-order valence-electron chi connectivity index (χ2n) is 14.4. The second-order valence-corrected chi connectivity index (χ2v) is 16.3. The number of aryl methyl sites for hydroxylation is 1. The van der Waals surface area contributed by atoms with Crippen molar-refractivity contribution in [1.82, 2.24) is 30.1 Å². The number of nitrogens with one attached hydrogen (secondary N) is 3. The Balaban J connectivity index is 1.27. The summed E-state index contributed by atoms with van der Waals surface area (Å²) in [6, 6.07) is 3.54. The fourth-order valence-corrected chi connectivity index (χ4v) is 8.72. The third kappa shape index (κ3) is 7.33. The summed E-state index contributed by atoms with van der Waals surface area (Å²) in [5.74, 6) is -2.54. The van der Waals surface area contributed by atoms with Crippen LogP contribution in [-0.2, 0) is 48.7 Å². The molecule has 1 aromatic carbocycles. The van der Waals surface area contributed by atoms with Crippen molar-refractivity contribution in [2.45, 2.75) is 113 Å². The van der Waals surface area contributed by atoms with Gasteiger partial charge in [0.1, 0.15) is 23.7 Å². The first-order valence-electron chi connectivity index (χ1n) is 17.7. The summed E-state index contributed by atoms with van der Waals surface area (Å²) in [7, 11) is -2.20. The van der Waals surface area contributed by atoms with Crippen LogP contribution < -0.4 is 15.4 Å². The van der Waals surface area contributed by atoms with E-state index >= 15 is 0 Å². The van der Waals surface area contributed by atoms with E-state index in [2.05, 4.69) is 28.0 Å². The number of urea groups is 1. The number of unbranched alkanes of at least 4 members (excludes halogenated alkanes) is 1. The molecule has 5 atom stereocenters. The van der Waals surface area contributed by atoms with Gasteiger partial charge in [-0.05, 0) is 61.6 Å². The van der Waals surface area contributed by atoms with Gasteiger partial charge in [0.05, 0.1) is 11.8 Å². The van der Waals surface area contributed by atoms with Gasteiger partial charge in [0.25, 0.3) is 5.91 Å². The highest BCUT2D eigenvalue weighted by molar-refractivity contribution is 7.91. The lowest BCUT2D eigenvalue weighted by molar-refractivity contribution is -0.141. The zero-order valence-electron chi connectivity index (χ0n) is 28.8. The molecule has 3 heterocycles. The molecule has 3 aliphatic heterocycles. The molecule has 50 heavy (non-hydrogen) atoms. The summed E-state index contributed by atoms with van der Waals surface area (Å²) < 4.78 is 33.4. The van der Waals surface area contributed by atoms with Gasteiger partial charge in [0.15, 0.2) is 0 Å². The normalized spacial score (nSPS) is 28.7. The molecule has 0 radical (unpaired) electrons. The summed E-state index contributed by atoms with van der Waals surface area (Å²) in [5.41, 5.74) is 1.74. The molecular weight excluding hydrogens is 664 g/mol. The van der Waals surface area contributed by atoms with Gasteiger partial charge < -0.3 is 25.2 Å². The van der Waals surface area contributed by atoms with Gasteiger partial charge in [-0.1, -0.05) is 44.0 Å². The van der Waals surface area contributed by atoms with Crippen molar-refractivity contribution in [2.24, 2.45) is 5.92 Å². The summed E-state index contributed by atoms with van der Waals surface area (Å²) in [5, 5.41) is 5.00. The Morgan fingerprint density at radius 1 is 1.14 bits per heavy atom. The smallest absolute Gasteiger partial charge is 0.410 e. The molecule has 5 aliphatic rings. The van der Waals surface area contributed by atoms with Crippen LogP contribution in [-0.4, -0.2) is 102 Å². The third-order valence-corrected chi connectivity index (χ3v) is 12.5. The average molecular weight is 713 g/mol. The number of benzene rings is 1. The van der Waals surface area contributed by atoms with Crippen LogP contribution in [0.15, 0.2) is 30.9 Å². The van der Waals surface area contributed by atoms with Crippen molar-refractivity contribution in [2.75, 3.05) is 20.1 Å². The maximum absolute atomic E-state index is 14.3. The minimum atomic E-state index is -3.89. The minimum absolute atomic E-state index is 0.0411. The number of amides is 6. The molecule has 2 saturated carbocycles. The summed E-state index contributed by atoms with van der Waals surface area (Å²) in [4.78, 5) is 73.1. The summed E-state index contributed by atoms with van der Waals surface area (Å²) in [6.07, 6.45) is 5.23. The topological polar surface area (TPSA) is 175 Å². The molecule has 4 bridgehead atoms. The van der Waals surface area contributed by atoms with E-state index in [0.717, 1.165) is 42.4 Å². The fourth-order valence-electron chi connectivity index (χ4n) is 7.36.